The molecule has 1 heterocycles. The molecule has 0 saturated heterocycles. The second-order valence-electron chi connectivity index (χ2n) is 4.72. The third kappa shape index (κ3) is 3.25. The van der Waals surface area contributed by atoms with Gasteiger partial charge in [-0.2, -0.15) is 5.10 Å². The summed E-state index contributed by atoms with van der Waals surface area (Å²) in [6, 6.07) is 18.6. The quantitative estimate of drug-likeness (QED) is 0.567. The third-order valence-electron chi connectivity index (χ3n) is 3.15. The zero-order valence-electron chi connectivity index (χ0n) is 11.6. The normalized spacial score (nSPS) is 10.7. The molecule has 106 valence electrons. The summed E-state index contributed by atoms with van der Waals surface area (Å²) in [6.45, 7) is 2.09. The number of thioether (sulfide) groups is 1. The Hall–Kier alpha value is -1.85. The first-order valence-electron chi connectivity index (χ1n) is 6.65. The van der Waals surface area contributed by atoms with Crippen molar-refractivity contribution in [1.82, 2.24) is 14.8 Å². The molecule has 0 aliphatic carbocycles. The second kappa shape index (κ2) is 6.28. The lowest BCUT2D eigenvalue weighted by Crippen LogP contribution is -1.99. The summed E-state index contributed by atoms with van der Waals surface area (Å²) in [6.07, 6.45) is 0. The molecule has 0 bridgehead atoms. The lowest BCUT2D eigenvalue weighted by atomic mass is 10.2. The van der Waals surface area contributed by atoms with Crippen LogP contribution in [-0.2, 0) is 5.75 Å². The molecule has 0 aliphatic rings. The molecule has 0 radical (unpaired) electrons. The summed E-state index contributed by atoms with van der Waals surface area (Å²) in [5.74, 6) is 1.70. The Balaban J connectivity index is 1.84. The van der Waals surface area contributed by atoms with Crippen LogP contribution < -0.4 is 0 Å². The Labute approximate surface area is 133 Å². The van der Waals surface area contributed by atoms with Gasteiger partial charge in [0, 0.05) is 10.6 Å². The average Bonchev–Trinajstić information content (AvgIpc) is 2.88. The first-order valence-corrected chi connectivity index (χ1v) is 8.04. The Morgan fingerprint density at radius 1 is 1.10 bits per heavy atom. The van der Waals surface area contributed by atoms with E-state index in [1.165, 1.54) is 10.5 Å². The third-order valence-corrected chi connectivity index (χ3v) is 4.43. The summed E-state index contributed by atoms with van der Waals surface area (Å²) in [7, 11) is 0. The number of nitrogens with zero attached hydrogens (tertiary/aromatic N) is 2. The van der Waals surface area contributed by atoms with Gasteiger partial charge in [0.2, 0.25) is 0 Å². The van der Waals surface area contributed by atoms with Crippen LogP contribution in [0.15, 0.2) is 59.5 Å². The van der Waals surface area contributed by atoms with Gasteiger partial charge in [0.25, 0.3) is 0 Å². The van der Waals surface area contributed by atoms with Crippen molar-refractivity contribution in [3.8, 4) is 5.69 Å². The molecular weight excluding hydrogens is 298 g/mol. The van der Waals surface area contributed by atoms with Crippen LogP contribution in [0.25, 0.3) is 5.69 Å². The largest absolute Gasteiger partial charge is 0.271 e. The van der Waals surface area contributed by atoms with Crippen LogP contribution in [0, 0.1) is 11.7 Å². The van der Waals surface area contributed by atoms with E-state index in [1.807, 2.05) is 34.9 Å². The lowest BCUT2D eigenvalue weighted by Gasteiger charge is -2.06. The highest BCUT2D eigenvalue weighted by Gasteiger charge is 2.08. The number of hydrogen-bond acceptors (Lipinski definition) is 3. The van der Waals surface area contributed by atoms with E-state index in [0.717, 1.165) is 17.3 Å². The minimum atomic E-state index is 0.626. The second-order valence-corrected chi connectivity index (χ2v) is 6.15. The Bertz CT molecular complexity index is 773. The van der Waals surface area contributed by atoms with E-state index >= 15 is 0 Å². The zero-order valence-corrected chi connectivity index (χ0v) is 13.2. The van der Waals surface area contributed by atoms with Crippen molar-refractivity contribution in [2.24, 2.45) is 0 Å². The number of H-pyrrole nitrogens is 1. The molecule has 21 heavy (non-hydrogen) atoms. The van der Waals surface area contributed by atoms with Crippen molar-refractivity contribution in [2.75, 3.05) is 0 Å². The van der Waals surface area contributed by atoms with Gasteiger partial charge in [0.15, 0.2) is 4.77 Å². The molecule has 1 N–H and O–H groups in total. The Kier molecular flexibility index (Phi) is 4.22. The van der Waals surface area contributed by atoms with Gasteiger partial charge in [-0.1, -0.05) is 35.9 Å². The summed E-state index contributed by atoms with van der Waals surface area (Å²) in [5, 5.41) is 7.23. The number of nitrogens with one attached hydrogen (secondary N) is 1. The molecule has 1 aromatic heterocycles. The van der Waals surface area contributed by atoms with Gasteiger partial charge in [0.1, 0.15) is 5.82 Å². The van der Waals surface area contributed by atoms with Gasteiger partial charge >= 0.3 is 0 Å². The molecule has 0 unspecified atom stereocenters. The number of aromatic nitrogens is 3. The summed E-state index contributed by atoms with van der Waals surface area (Å²) in [5.41, 5.74) is 2.31. The molecule has 0 amide bonds. The number of benzene rings is 2. The summed E-state index contributed by atoms with van der Waals surface area (Å²) in [4.78, 5) is 1.23. The highest BCUT2D eigenvalue weighted by molar-refractivity contribution is 7.98. The Morgan fingerprint density at radius 3 is 2.52 bits per heavy atom. The van der Waals surface area contributed by atoms with Gasteiger partial charge in [-0.3, -0.25) is 9.67 Å². The molecule has 3 rings (SSSR count). The number of aromatic amines is 1. The molecule has 3 aromatic rings. The van der Waals surface area contributed by atoms with Crippen LogP contribution in [0.4, 0.5) is 0 Å². The van der Waals surface area contributed by atoms with Crippen LogP contribution in [0.1, 0.15) is 11.4 Å². The minimum absolute atomic E-state index is 0.626. The van der Waals surface area contributed by atoms with Crippen LogP contribution in [0.2, 0.25) is 0 Å². The minimum Gasteiger partial charge on any atom is -0.271 e. The maximum atomic E-state index is 5.34. The first kappa shape index (κ1) is 14.1. The van der Waals surface area contributed by atoms with E-state index in [2.05, 4.69) is 41.4 Å². The van der Waals surface area contributed by atoms with Crippen molar-refractivity contribution >= 4 is 24.0 Å². The zero-order chi connectivity index (χ0) is 14.7. The highest BCUT2D eigenvalue weighted by Crippen LogP contribution is 2.23. The van der Waals surface area contributed by atoms with Crippen LogP contribution >= 0.6 is 24.0 Å². The van der Waals surface area contributed by atoms with Gasteiger partial charge in [0.05, 0.1) is 5.75 Å². The fourth-order valence-corrected chi connectivity index (χ4v) is 3.13. The molecule has 0 saturated carbocycles. The van der Waals surface area contributed by atoms with E-state index < -0.39 is 0 Å². The van der Waals surface area contributed by atoms with Crippen LogP contribution in [0.3, 0.4) is 0 Å². The predicted octanol–water partition coefficient (Wildman–Crippen LogP) is 4.53. The molecule has 0 atom stereocenters. The predicted molar refractivity (Wildman–Crippen MR) is 89.5 cm³/mol. The average molecular weight is 313 g/mol. The van der Waals surface area contributed by atoms with Gasteiger partial charge in [-0.25, -0.2) is 0 Å². The molecule has 0 fully saturated rings. The van der Waals surface area contributed by atoms with E-state index in [9.17, 15) is 0 Å². The molecule has 3 nitrogen and oxygen atoms in total. The summed E-state index contributed by atoms with van der Waals surface area (Å²) < 4.78 is 2.61. The van der Waals surface area contributed by atoms with E-state index in [-0.39, 0.29) is 0 Å². The van der Waals surface area contributed by atoms with Gasteiger partial charge in [-0.15, -0.1) is 11.8 Å². The number of para-hydroxylation sites is 1. The number of hydrogen-bond donors (Lipinski definition) is 1. The first-order chi connectivity index (χ1) is 10.2. The van der Waals surface area contributed by atoms with E-state index in [1.54, 1.807) is 11.8 Å². The number of rotatable bonds is 4. The maximum absolute atomic E-state index is 5.34. The maximum Gasteiger partial charge on any atom is 0.199 e. The van der Waals surface area contributed by atoms with Crippen molar-refractivity contribution in [3.05, 3.63) is 70.8 Å². The SMILES string of the molecule is Cc1ccc(SCc2n[nH]c(=S)n2-c2ccccc2)cc1. The van der Waals surface area contributed by atoms with Crippen LogP contribution in [-0.4, -0.2) is 14.8 Å². The van der Waals surface area contributed by atoms with Crippen molar-refractivity contribution < 1.29 is 0 Å². The topological polar surface area (TPSA) is 33.6 Å². The van der Waals surface area contributed by atoms with Crippen molar-refractivity contribution in [1.29, 1.82) is 0 Å². The fourth-order valence-electron chi connectivity index (χ4n) is 2.05. The van der Waals surface area contributed by atoms with Crippen molar-refractivity contribution in [2.45, 2.75) is 17.6 Å². The van der Waals surface area contributed by atoms with E-state index in [0.29, 0.717) is 4.77 Å². The highest BCUT2D eigenvalue weighted by atomic mass is 32.2. The van der Waals surface area contributed by atoms with E-state index in [4.69, 9.17) is 12.2 Å². The molecular formula is C16H15N3S2. The van der Waals surface area contributed by atoms with Gasteiger partial charge in [-0.05, 0) is 43.4 Å². The molecule has 5 heteroatoms. The van der Waals surface area contributed by atoms with Crippen LogP contribution in [0.5, 0.6) is 0 Å². The monoisotopic (exact) mass is 313 g/mol. The lowest BCUT2D eigenvalue weighted by molar-refractivity contribution is 0.949. The molecule has 0 spiro atoms. The smallest absolute Gasteiger partial charge is 0.199 e. The van der Waals surface area contributed by atoms with Crippen molar-refractivity contribution in [3.63, 3.8) is 0 Å². The summed E-state index contributed by atoms with van der Waals surface area (Å²) >= 11 is 7.09. The Morgan fingerprint density at radius 2 is 1.81 bits per heavy atom. The van der Waals surface area contributed by atoms with Gasteiger partial charge < -0.3 is 0 Å². The molecule has 0 aliphatic heterocycles. The molecule has 2 aromatic carbocycles. The standard InChI is InChI=1S/C16H15N3S2/c1-12-7-9-14(10-8-12)21-11-15-17-18-16(20)19(15)13-5-3-2-4-6-13/h2-10H,11H2,1H3,(H,18,20). The fraction of sp³-hybridized carbons (Fsp3) is 0.125. The number of aryl methyl sites for hydroxylation is 1.